The van der Waals surface area contributed by atoms with Crippen LogP contribution in [0.15, 0.2) is 33.9 Å². The van der Waals surface area contributed by atoms with Gasteiger partial charge in [0.1, 0.15) is 0 Å². The van der Waals surface area contributed by atoms with Crippen molar-refractivity contribution in [2.45, 2.75) is 83.4 Å². The molecule has 0 bridgehead atoms. The third-order valence-corrected chi connectivity index (χ3v) is 5.32. The summed E-state index contributed by atoms with van der Waals surface area (Å²) in [6.45, 7) is 16.5. The van der Waals surface area contributed by atoms with E-state index in [1.165, 1.54) is 17.3 Å². The summed E-state index contributed by atoms with van der Waals surface area (Å²) in [5.41, 5.74) is 2.23. The molecule has 1 aromatic carbocycles. The van der Waals surface area contributed by atoms with Crippen molar-refractivity contribution in [3.05, 3.63) is 29.8 Å². The monoisotopic (exact) mass is 389 g/mol. The summed E-state index contributed by atoms with van der Waals surface area (Å²) in [6.07, 6.45) is 0. The third-order valence-electron chi connectivity index (χ3n) is 4.40. The molecule has 0 N–H and O–H groups in total. The summed E-state index contributed by atoms with van der Waals surface area (Å²) >= 11 is 1.31. The van der Waals surface area contributed by atoms with Gasteiger partial charge in [-0.15, -0.1) is 10.2 Å². The molecule has 1 atom stereocenters. The first-order chi connectivity index (χ1) is 12.5. The van der Waals surface area contributed by atoms with Crippen LogP contribution in [0.1, 0.15) is 61.0 Å². The van der Waals surface area contributed by atoms with Gasteiger partial charge < -0.3 is 9.32 Å². The van der Waals surface area contributed by atoms with Crippen LogP contribution < -0.4 is 0 Å². The summed E-state index contributed by atoms with van der Waals surface area (Å²) in [6, 6.07) is 8.47. The highest BCUT2D eigenvalue weighted by Crippen LogP contribution is 2.29. The predicted molar refractivity (Wildman–Crippen MR) is 111 cm³/mol. The molecule has 5 nitrogen and oxygen atoms in total. The number of thioether (sulfide) groups is 1. The first-order valence-electron chi connectivity index (χ1n) is 9.44. The summed E-state index contributed by atoms with van der Waals surface area (Å²) in [4.78, 5) is 14.6. The molecule has 2 rings (SSSR count). The maximum atomic E-state index is 12.8. The van der Waals surface area contributed by atoms with Crippen molar-refractivity contribution in [1.82, 2.24) is 15.1 Å². The van der Waals surface area contributed by atoms with E-state index in [2.05, 4.69) is 43.1 Å². The van der Waals surface area contributed by atoms with E-state index in [9.17, 15) is 4.79 Å². The molecule has 0 saturated heterocycles. The van der Waals surface area contributed by atoms with E-state index in [-0.39, 0.29) is 28.7 Å². The Balaban J connectivity index is 2.10. The maximum absolute atomic E-state index is 12.8. The predicted octanol–water partition coefficient (Wildman–Crippen LogP) is 5.16. The highest BCUT2D eigenvalue weighted by atomic mass is 32.2. The lowest BCUT2D eigenvalue weighted by molar-refractivity contribution is -0.133. The van der Waals surface area contributed by atoms with Gasteiger partial charge in [-0.2, -0.15) is 0 Å². The minimum Gasteiger partial charge on any atom is -0.411 e. The van der Waals surface area contributed by atoms with Gasteiger partial charge in [0.25, 0.3) is 5.22 Å². The zero-order chi connectivity index (χ0) is 20.4. The SMILES string of the molecule is CC(C)N(C(=O)[C@@H](C)Sc1nnc(-c2ccc(C(C)(C)C)cc2)o1)C(C)C. The Bertz CT molecular complexity index is 752. The van der Waals surface area contributed by atoms with Crippen molar-refractivity contribution in [2.24, 2.45) is 0 Å². The third kappa shape index (κ3) is 5.34. The number of amides is 1. The molecule has 0 spiro atoms. The van der Waals surface area contributed by atoms with E-state index >= 15 is 0 Å². The average Bonchev–Trinajstić information content (AvgIpc) is 3.01. The number of carbonyl (C=O) groups excluding carboxylic acids is 1. The number of carbonyl (C=O) groups is 1. The second kappa shape index (κ2) is 8.46. The number of hydrogen-bond donors (Lipinski definition) is 0. The summed E-state index contributed by atoms with van der Waals surface area (Å²) in [5, 5.41) is 8.38. The fourth-order valence-electron chi connectivity index (χ4n) is 3.00. The number of benzene rings is 1. The Morgan fingerprint density at radius 2 is 1.56 bits per heavy atom. The molecule has 0 unspecified atom stereocenters. The normalized spacial score (nSPS) is 13.3. The van der Waals surface area contributed by atoms with Gasteiger partial charge in [-0.1, -0.05) is 44.7 Å². The van der Waals surface area contributed by atoms with Crippen molar-refractivity contribution < 1.29 is 9.21 Å². The Hall–Kier alpha value is -1.82. The van der Waals surface area contributed by atoms with Crippen molar-refractivity contribution in [1.29, 1.82) is 0 Å². The van der Waals surface area contributed by atoms with Crippen molar-refractivity contribution in [2.75, 3.05) is 0 Å². The zero-order valence-electron chi connectivity index (χ0n) is 17.6. The van der Waals surface area contributed by atoms with Crippen LogP contribution in [0.5, 0.6) is 0 Å². The van der Waals surface area contributed by atoms with E-state index in [1.54, 1.807) is 0 Å². The molecule has 0 fully saturated rings. The van der Waals surface area contributed by atoms with Gasteiger partial charge in [-0.25, -0.2) is 0 Å². The molecule has 1 aromatic heterocycles. The summed E-state index contributed by atoms with van der Waals surface area (Å²) in [5.74, 6) is 0.557. The number of rotatable bonds is 6. The lowest BCUT2D eigenvalue weighted by Gasteiger charge is -2.32. The molecule has 1 amide bonds. The fraction of sp³-hybridized carbons (Fsp3) is 0.571. The van der Waals surface area contributed by atoms with E-state index < -0.39 is 0 Å². The zero-order valence-corrected chi connectivity index (χ0v) is 18.4. The number of hydrogen-bond acceptors (Lipinski definition) is 5. The maximum Gasteiger partial charge on any atom is 0.277 e. The van der Waals surface area contributed by atoms with Gasteiger partial charge >= 0.3 is 0 Å². The van der Waals surface area contributed by atoms with Crippen LogP contribution in [-0.4, -0.2) is 38.3 Å². The molecule has 27 heavy (non-hydrogen) atoms. The van der Waals surface area contributed by atoms with Crippen molar-refractivity contribution in [3.8, 4) is 11.5 Å². The van der Waals surface area contributed by atoms with Crippen molar-refractivity contribution >= 4 is 17.7 Å². The summed E-state index contributed by atoms with van der Waals surface area (Å²) in [7, 11) is 0. The molecule has 6 heteroatoms. The molecule has 0 aliphatic carbocycles. The van der Waals surface area contributed by atoms with Crippen LogP contribution in [0.4, 0.5) is 0 Å². The summed E-state index contributed by atoms with van der Waals surface area (Å²) < 4.78 is 5.79. The van der Waals surface area contributed by atoms with Crippen LogP contribution in [0.2, 0.25) is 0 Å². The highest BCUT2D eigenvalue weighted by molar-refractivity contribution is 8.00. The van der Waals surface area contributed by atoms with Crippen LogP contribution in [0.25, 0.3) is 11.5 Å². The van der Waals surface area contributed by atoms with Gasteiger partial charge in [0.15, 0.2) is 0 Å². The van der Waals surface area contributed by atoms with Gasteiger partial charge in [0, 0.05) is 17.6 Å². The van der Waals surface area contributed by atoms with Crippen LogP contribution >= 0.6 is 11.8 Å². The van der Waals surface area contributed by atoms with Crippen molar-refractivity contribution in [3.63, 3.8) is 0 Å². The van der Waals surface area contributed by atoms with Gasteiger partial charge in [-0.3, -0.25) is 4.79 Å². The number of aromatic nitrogens is 2. The van der Waals surface area contributed by atoms with Gasteiger partial charge in [0.2, 0.25) is 11.8 Å². The molecule has 1 heterocycles. The largest absolute Gasteiger partial charge is 0.411 e. The first-order valence-corrected chi connectivity index (χ1v) is 10.3. The standard InChI is InChI=1S/C21H31N3O2S/c1-13(2)24(14(3)4)19(25)15(5)27-20-23-22-18(26-20)16-9-11-17(12-10-16)21(6,7)8/h9-15H,1-8H3/t15-/m1/s1. The lowest BCUT2D eigenvalue weighted by Crippen LogP contribution is -2.45. The van der Waals surface area contributed by atoms with Gasteiger partial charge in [0.05, 0.1) is 5.25 Å². The van der Waals surface area contributed by atoms with E-state index in [4.69, 9.17) is 4.42 Å². The molecule has 0 aliphatic rings. The molecular formula is C21H31N3O2S. The van der Waals surface area contributed by atoms with E-state index in [1.807, 2.05) is 51.7 Å². The Kier molecular flexibility index (Phi) is 6.73. The Morgan fingerprint density at radius 3 is 2.04 bits per heavy atom. The molecule has 0 aliphatic heterocycles. The minimum atomic E-state index is -0.286. The van der Waals surface area contributed by atoms with E-state index in [0.29, 0.717) is 11.1 Å². The van der Waals surface area contributed by atoms with Crippen LogP contribution in [0.3, 0.4) is 0 Å². The molecular weight excluding hydrogens is 358 g/mol. The first kappa shape index (κ1) is 21.5. The second-order valence-corrected chi connectivity index (χ2v) is 9.69. The smallest absolute Gasteiger partial charge is 0.277 e. The van der Waals surface area contributed by atoms with Crippen LogP contribution in [-0.2, 0) is 10.2 Å². The molecule has 0 saturated carbocycles. The van der Waals surface area contributed by atoms with Crippen LogP contribution in [0, 0.1) is 0 Å². The minimum absolute atomic E-state index is 0.0827. The fourth-order valence-corrected chi connectivity index (χ4v) is 3.74. The Labute approximate surface area is 166 Å². The quantitative estimate of drug-likeness (QED) is 0.639. The molecule has 148 valence electrons. The number of nitrogens with zero attached hydrogens (tertiary/aromatic N) is 3. The highest BCUT2D eigenvalue weighted by Gasteiger charge is 2.27. The molecule has 0 radical (unpaired) electrons. The van der Waals surface area contributed by atoms with E-state index in [0.717, 1.165) is 5.56 Å². The second-order valence-electron chi connectivity index (χ2n) is 8.39. The lowest BCUT2D eigenvalue weighted by atomic mass is 9.87. The topological polar surface area (TPSA) is 59.2 Å². The average molecular weight is 390 g/mol. The Morgan fingerprint density at radius 1 is 1.00 bits per heavy atom. The van der Waals surface area contributed by atoms with Gasteiger partial charge in [-0.05, 0) is 57.7 Å². The molecule has 2 aromatic rings.